The smallest absolute Gasteiger partial charge is 0.158 e. The Morgan fingerprint density at radius 3 is 2.85 bits per heavy atom. The number of aromatic nitrogens is 4. The van der Waals surface area contributed by atoms with E-state index in [0.29, 0.717) is 18.9 Å². The lowest BCUT2D eigenvalue weighted by Gasteiger charge is -2.22. The molecule has 0 radical (unpaired) electrons. The van der Waals surface area contributed by atoms with Crippen molar-refractivity contribution in [2.45, 2.75) is 20.0 Å². The standard InChI is InChI=1S/C13H16N6O/c1-2-19-12(3-4-17-19)10-18(5-6-20)13-9-15-11(7-14)8-16-13/h3-4,8-9,20H,2,5-6,10H2,1H3. The molecule has 2 rings (SSSR count). The fourth-order valence-electron chi connectivity index (χ4n) is 1.91. The van der Waals surface area contributed by atoms with Gasteiger partial charge in [0.15, 0.2) is 5.69 Å². The van der Waals surface area contributed by atoms with Gasteiger partial charge in [0, 0.05) is 19.3 Å². The summed E-state index contributed by atoms with van der Waals surface area (Å²) >= 11 is 0. The van der Waals surface area contributed by atoms with Crippen molar-refractivity contribution >= 4 is 5.82 Å². The lowest BCUT2D eigenvalue weighted by Crippen LogP contribution is -2.28. The molecule has 0 unspecified atom stereocenters. The van der Waals surface area contributed by atoms with E-state index in [1.54, 1.807) is 12.4 Å². The van der Waals surface area contributed by atoms with Crippen molar-refractivity contribution < 1.29 is 5.11 Å². The van der Waals surface area contributed by atoms with Crippen LogP contribution in [0, 0.1) is 11.3 Å². The van der Waals surface area contributed by atoms with E-state index in [2.05, 4.69) is 15.1 Å². The molecule has 2 aromatic heterocycles. The summed E-state index contributed by atoms with van der Waals surface area (Å²) in [5.41, 5.74) is 1.31. The number of anilines is 1. The molecule has 0 aromatic carbocycles. The van der Waals surface area contributed by atoms with E-state index in [0.717, 1.165) is 12.2 Å². The Hall–Kier alpha value is -2.46. The topological polar surface area (TPSA) is 90.9 Å². The first kappa shape index (κ1) is 14.0. The quantitative estimate of drug-likeness (QED) is 0.826. The third-order valence-corrected chi connectivity index (χ3v) is 2.90. The number of nitrogens with zero attached hydrogens (tertiary/aromatic N) is 6. The number of aliphatic hydroxyl groups is 1. The molecule has 7 nitrogen and oxygen atoms in total. The summed E-state index contributed by atoms with van der Waals surface area (Å²) in [5, 5.41) is 22.1. The average Bonchev–Trinajstić information content (AvgIpc) is 2.94. The van der Waals surface area contributed by atoms with Crippen molar-refractivity contribution in [3.63, 3.8) is 0 Å². The van der Waals surface area contributed by atoms with E-state index in [1.165, 1.54) is 6.20 Å². The molecule has 20 heavy (non-hydrogen) atoms. The van der Waals surface area contributed by atoms with Crippen LogP contribution in [-0.4, -0.2) is 38.0 Å². The first-order chi connectivity index (χ1) is 9.78. The van der Waals surface area contributed by atoms with Crippen LogP contribution in [-0.2, 0) is 13.1 Å². The van der Waals surface area contributed by atoms with Gasteiger partial charge in [-0.05, 0) is 13.0 Å². The Kier molecular flexibility index (Phi) is 4.63. The normalized spacial score (nSPS) is 10.2. The SMILES string of the molecule is CCn1nccc1CN(CCO)c1cnc(C#N)cn1. The van der Waals surface area contributed by atoms with Crippen molar-refractivity contribution in [2.75, 3.05) is 18.1 Å². The summed E-state index contributed by atoms with van der Waals surface area (Å²) in [5.74, 6) is 0.627. The molecule has 7 heteroatoms. The molecular formula is C13H16N6O. The van der Waals surface area contributed by atoms with E-state index in [1.807, 2.05) is 28.6 Å². The third-order valence-electron chi connectivity index (χ3n) is 2.90. The highest BCUT2D eigenvalue weighted by Gasteiger charge is 2.11. The number of aryl methyl sites for hydroxylation is 1. The van der Waals surface area contributed by atoms with Crippen LogP contribution in [0.15, 0.2) is 24.7 Å². The predicted octanol–water partition coefficient (Wildman–Crippen LogP) is 0.564. The monoisotopic (exact) mass is 272 g/mol. The maximum Gasteiger partial charge on any atom is 0.158 e. The largest absolute Gasteiger partial charge is 0.395 e. The Morgan fingerprint density at radius 1 is 1.40 bits per heavy atom. The van der Waals surface area contributed by atoms with Gasteiger partial charge in [-0.2, -0.15) is 10.4 Å². The highest BCUT2D eigenvalue weighted by Crippen LogP contribution is 2.13. The molecule has 0 saturated carbocycles. The van der Waals surface area contributed by atoms with Gasteiger partial charge >= 0.3 is 0 Å². The van der Waals surface area contributed by atoms with Crippen LogP contribution in [0.25, 0.3) is 0 Å². The second kappa shape index (κ2) is 6.63. The number of rotatable bonds is 6. The summed E-state index contributed by atoms with van der Waals surface area (Å²) in [6.45, 7) is 3.84. The van der Waals surface area contributed by atoms with E-state index in [4.69, 9.17) is 5.26 Å². The minimum absolute atomic E-state index is 0.0158. The number of nitriles is 1. The van der Waals surface area contributed by atoms with Gasteiger partial charge in [0.05, 0.1) is 31.2 Å². The Labute approximate surface area is 117 Å². The number of hydrogen-bond acceptors (Lipinski definition) is 6. The van der Waals surface area contributed by atoms with Crippen LogP contribution in [0.4, 0.5) is 5.82 Å². The maximum atomic E-state index is 9.19. The molecule has 2 heterocycles. The summed E-state index contributed by atoms with van der Waals surface area (Å²) < 4.78 is 1.89. The number of aliphatic hydroxyl groups excluding tert-OH is 1. The summed E-state index contributed by atoms with van der Waals surface area (Å²) in [4.78, 5) is 10.1. The predicted molar refractivity (Wildman–Crippen MR) is 72.8 cm³/mol. The maximum absolute atomic E-state index is 9.19. The van der Waals surface area contributed by atoms with Gasteiger partial charge in [0.25, 0.3) is 0 Å². The zero-order chi connectivity index (χ0) is 14.4. The summed E-state index contributed by atoms with van der Waals surface area (Å²) in [7, 11) is 0. The van der Waals surface area contributed by atoms with Gasteiger partial charge in [-0.1, -0.05) is 0 Å². The minimum Gasteiger partial charge on any atom is -0.395 e. The number of hydrogen-bond donors (Lipinski definition) is 1. The van der Waals surface area contributed by atoms with Gasteiger partial charge in [0.1, 0.15) is 11.9 Å². The highest BCUT2D eigenvalue weighted by atomic mass is 16.3. The fraction of sp³-hybridized carbons (Fsp3) is 0.385. The van der Waals surface area contributed by atoms with Gasteiger partial charge in [-0.15, -0.1) is 0 Å². The molecular weight excluding hydrogens is 256 g/mol. The second-order valence-electron chi connectivity index (χ2n) is 4.16. The van der Waals surface area contributed by atoms with Gasteiger partial charge in [-0.3, -0.25) is 4.68 Å². The molecule has 1 N–H and O–H groups in total. The molecule has 104 valence electrons. The van der Waals surface area contributed by atoms with Crippen molar-refractivity contribution in [2.24, 2.45) is 0 Å². The zero-order valence-corrected chi connectivity index (χ0v) is 11.3. The Balaban J connectivity index is 2.20. The van der Waals surface area contributed by atoms with Crippen molar-refractivity contribution in [1.82, 2.24) is 19.7 Å². The van der Waals surface area contributed by atoms with Crippen LogP contribution < -0.4 is 4.90 Å². The molecule has 0 amide bonds. The lowest BCUT2D eigenvalue weighted by molar-refractivity contribution is 0.300. The van der Waals surface area contributed by atoms with Gasteiger partial charge in [0.2, 0.25) is 0 Å². The van der Waals surface area contributed by atoms with E-state index in [-0.39, 0.29) is 12.3 Å². The molecule has 0 spiro atoms. The molecule has 2 aromatic rings. The molecule has 0 aliphatic heterocycles. The van der Waals surface area contributed by atoms with Gasteiger partial charge in [-0.25, -0.2) is 9.97 Å². The van der Waals surface area contributed by atoms with Crippen molar-refractivity contribution in [3.8, 4) is 6.07 Å². The van der Waals surface area contributed by atoms with Crippen LogP contribution in [0.5, 0.6) is 0 Å². The molecule has 0 fully saturated rings. The Morgan fingerprint density at radius 2 is 2.25 bits per heavy atom. The first-order valence-corrected chi connectivity index (χ1v) is 6.37. The van der Waals surface area contributed by atoms with Crippen molar-refractivity contribution in [3.05, 3.63) is 36.0 Å². The first-order valence-electron chi connectivity index (χ1n) is 6.37. The third kappa shape index (κ3) is 3.10. The van der Waals surface area contributed by atoms with E-state index in [9.17, 15) is 5.11 Å². The highest BCUT2D eigenvalue weighted by molar-refractivity contribution is 5.37. The summed E-state index contributed by atoms with van der Waals surface area (Å²) in [6, 6.07) is 3.87. The van der Waals surface area contributed by atoms with Crippen molar-refractivity contribution in [1.29, 1.82) is 5.26 Å². The average molecular weight is 272 g/mol. The molecule has 0 atom stereocenters. The van der Waals surface area contributed by atoms with Gasteiger partial charge < -0.3 is 10.0 Å². The second-order valence-corrected chi connectivity index (χ2v) is 4.16. The minimum atomic E-state index is 0.0158. The molecule has 0 aliphatic rings. The molecule has 0 saturated heterocycles. The summed E-state index contributed by atoms with van der Waals surface area (Å²) in [6.07, 6.45) is 4.72. The van der Waals surface area contributed by atoms with Crippen LogP contribution in [0.3, 0.4) is 0 Å². The van der Waals surface area contributed by atoms with E-state index >= 15 is 0 Å². The zero-order valence-electron chi connectivity index (χ0n) is 11.3. The Bertz CT molecular complexity index is 586. The van der Waals surface area contributed by atoms with Crippen LogP contribution >= 0.6 is 0 Å². The lowest BCUT2D eigenvalue weighted by atomic mass is 10.3. The van der Waals surface area contributed by atoms with Crippen LogP contribution in [0.1, 0.15) is 18.3 Å². The fourth-order valence-corrected chi connectivity index (χ4v) is 1.91. The van der Waals surface area contributed by atoms with E-state index < -0.39 is 0 Å². The molecule has 0 bridgehead atoms. The van der Waals surface area contributed by atoms with Crippen LogP contribution in [0.2, 0.25) is 0 Å². The molecule has 0 aliphatic carbocycles.